The van der Waals surface area contributed by atoms with Crippen molar-refractivity contribution in [1.82, 2.24) is 9.97 Å². The Bertz CT molecular complexity index is 707. The van der Waals surface area contributed by atoms with Crippen LogP contribution in [0.1, 0.15) is 5.69 Å². The quantitative estimate of drug-likeness (QED) is 0.757. The Labute approximate surface area is 108 Å². The van der Waals surface area contributed by atoms with Crippen LogP contribution in [0, 0.1) is 11.3 Å². The van der Waals surface area contributed by atoms with E-state index in [-0.39, 0.29) is 0 Å². The van der Waals surface area contributed by atoms with E-state index in [9.17, 15) is 0 Å². The number of pyridine rings is 1. The number of benzene rings is 1. The highest BCUT2D eigenvalue weighted by atomic mass is 32.2. The molecule has 0 radical (unpaired) electrons. The number of nitrogens with one attached hydrogen (secondary N) is 1. The zero-order valence-corrected chi connectivity index (χ0v) is 10.2. The number of para-hydroxylation sites is 1. The molecular weight excluding hydrogens is 242 g/mol. The molecule has 0 fully saturated rings. The standard InChI is InChI=1S/C14H9N3S/c15-9-12-13(6-3-7-16-12)18-14-8-10-4-1-2-5-11(10)17-14/h1-8,17H. The second-order valence-corrected chi connectivity index (χ2v) is 4.87. The molecular formula is C14H9N3S. The number of aromatic amines is 1. The van der Waals surface area contributed by atoms with Gasteiger partial charge >= 0.3 is 0 Å². The molecule has 2 aromatic heterocycles. The lowest BCUT2D eigenvalue weighted by Gasteiger charge is -1.99. The van der Waals surface area contributed by atoms with E-state index in [1.165, 1.54) is 17.1 Å². The molecule has 0 atom stereocenters. The van der Waals surface area contributed by atoms with Crippen LogP contribution in [-0.4, -0.2) is 9.97 Å². The molecule has 0 unspecified atom stereocenters. The van der Waals surface area contributed by atoms with Gasteiger partial charge in [-0.3, -0.25) is 0 Å². The smallest absolute Gasteiger partial charge is 0.154 e. The fourth-order valence-corrected chi connectivity index (χ4v) is 2.70. The first-order valence-electron chi connectivity index (χ1n) is 5.47. The molecule has 4 heteroatoms. The highest BCUT2D eigenvalue weighted by Crippen LogP contribution is 2.30. The predicted octanol–water partition coefficient (Wildman–Crippen LogP) is 3.59. The van der Waals surface area contributed by atoms with E-state index in [1.807, 2.05) is 30.3 Å². The number of rotatable bonds is 2. The molecule has 3 rings (SSSR count). The lowest BCUT2D eigenvalue weighted by molar-refractivity contribution is 1.16. The van der Waals surface area contributed by atoms with Crippen LogP contribution >= 0.6 is 11.8 Å². The summed E-state index contributed by atoms with van der Waals surface area (Å²) in [6.07, 6.45) is 1.63. The van der Waals surface area contributed by atoms with E-state index in [2.05, 4.69) is 28.2 Å². The molecule has 86 valence electrons. The molecule has 3 nitrogen and oxygen atoms in total. The zero-order valence-electron chi connectivity index (χ0n) is 9.42. The molecule has 3 aromatic rings. The molecule has 0 saturated carbocycles. The number of nitriles is 1. The van der Waals surface area contributed by atoms with Crippen molar-refractivity contribution in [3.63, 3.8) is 0 Å². The minimum atomic E-state index is 0.459. The topological polar surface area (TPSA) is 52.5 Å². The van der Waals surface area contributed by atoms with Crippen molar-refractivity contribution in [3.8, 4) is 6.07 Å². The Kier molecular flexibility index (Phi) is 2.75. The van der Waals surface area contributed by atoms with Crippen molar-refractivity contribution in [2.75, 3.05) is 0 Å². The fraction of sp³-hybridized carbons (Fsp3) is 0. The Morgan fingerprint density at radius 2 is 2.06 bits per heavy atom. The summed E-state index contributed by atoms with van der Waals surface area (Å²) in [4.78, 5) is 8.24. The normalized spacial score (nSPS) is 10.4. The van der Waals surface area contributed by atoms with Crippen LogP contribution < -0.4 is 0 Å². The van der Waals surface area contributed by atoms with Crippen molar-refractivity contribution in [2.45, 2.75) is 9.92 Å². The number of hydrogen-bond acceptors (Lipinski definition) is 3. The van der Waals surface area contributed by atoms with Crippen molar-refractivity contribution in [3.05, 3.63) is 54.4 Å². The van der Waals surface area contributed by atoms with E-state index < -0.39 is 0 Å². The zero-order chi connectivity index (χ0) is 12.4. The summed E-state index contributed by atoms with van der Waals surface area (Å²) in [6.45, 7) is 0. The first kappa shape index (κ1) is 10.9. The van der Waals surface area contributed by atoms with Crippen molar-refractivity contribution < 1.29 is 0 Å². The van der Waals surface area contributed by atoms with Gasteiger partial charge in [-0.2, -0.15) is 5.26 Å². The lowest BCUT2D eigenvalue weighted by Crippen LogP contribution is -1.84. The summed E-state index contributed by atoms with van der Waals surface area (Å²) >= 11 is 1.52. The second-order valence-electron chi connectivity index (χ2n) is 3.78. The van der Waals surface area contributed by atoms with Gasteiger partial charge in [0.1, 0.15) is 6.07 Å². The van der Waals surface area contributed by atoms with E-state index in [4.69, 9.17) is 5.26 Å². The monoisotopic (exact) mass is 251 g/mol. The van der Waals surface area contributed by atoms with Crippen LogP contribution in [-0.2, 0) is 0 Å². The maximum absolute atomic E-state index is 9.00. The number of nitrogens with zero attached hydrogens (tertiary/aromatic N) is 2. The van der Waals surface area contributed by atoms with Crippen LogP contribution in [0.2, 0.25) is 0 Å². The number of aromatic nitrogens is 2. The van der Waals surface area contributed by atoms with Gasteiger partial charge < -0.3 is 4.98 Å². The summed E-state index contributed by atoms with van der Waals surface area (Å²) < 4.78 is 0. The van der Waals surface area contributed by atoms with Crippen molar-refractivity contribution in [1.29, 1.82) is 5.26 Å². The Hall–Kier alpha value is -2.25. The Morgan fingerprint density at radius 1 is 1.17 bits per heavy atom. The molecule has 0 aliphatic carbocycles. The number of hydrogen-bond donors (Lipinski definition) is 1. The van der Waals surface area contributed by atoms with Crippen LogP contribution in [0.4, 0.5) is 0 Å². The average Bonchev–Trinajstić information content (AvgIpc) is 2.81. The van der Waals surface area contributed by atoms with Gasteiger partial charge in [-0.25, -0.2) is 4.98 Å². The van der Waals surface area contributed by atoms with Gasteiger partial charge in [0, 0.05) is 17.1 Å². The highest BCUT2D eigenvalue weighted by Gasteiger charge is 2.06. The van der Waals surface area contributed by atoms with Crippen molar-refractivity contribution in [2.24, 2.45) is 0 Å². The van der Waals surface area contributed by atoms with Gasteiger partial charge in [0.15, 0.2) is 5.69 Å². The number of fused-ring (bicyclic) bond motifs is 1. The van der Waals surface area contributed by atoms with Crippen LogP contribution in [0.5, 0.6) is 0 Å². The second kappa shape index (κ2) is 4.55. The third kappa shape index (κ3) is 1.96. The third-order valence-electron chi connectivity index (χ3n) is 2.60. The summed E-state index contributed by atoms with van der Waals surface area (Å²) in [5.41, 5.74) is 1.56. The molecule has 1 N–H and O–H groups in total. The molecule has 0 aliphatic rings. The minimum Gasteiger partial charge on any atom is -0.349 e. The first-order chi connectivity index (χ1) is 8.86. The van der Waals surface area contributed by atoms with Crippen LogP contribution in [0.15, 0.2) is 58.6 Å². The van der Waals surface area contributed by atoms with Crippen LogP contribution in [0.25, 0.3) is 10.9 Å². The fourth-order valence-electron chi connectivity index (χ4n) is 1.78. The lowest BCUT2D eigenvalue weighted by atomic mass is 10.3. The largest absolute Gasteiger partial charge is 0.349 e. The molecule has 0 bridgehead atoms. The number of H-pyrrole nitrogens is 1. The molecule has 1 aromatic carbocycles. The van der Waals surface area contributed by atoms with Gasteiger partial charge in [-0.15, -0.1) is 0 Å². The summed E-state index contributed by atoms with van der Waals surface area (Å²) in [5.74, 6) is 0. The van der Waals surface area contributed by atoms with E-state index in [1.54, 1.807) is 6.20 Å². The maximum atomic E-state index is 9.00. The van der Waals surface area contributed by atoms with Gasteiger partial charge in [0.2, 0.25) is 0 Å². The Morgan fingerprint density at radius 3 is 2.89 bits per heavy atom. The summed E-state index contributed by atoms with van der Waals surface area (Å²) in [7, 11) is 0. The maximum Gasteiger partial charge on any atom is 0.154 e. The Balaban J connectivity index is 1.99. The van der Waals surface area contributed by atoms with Crippen molar-refractivity contribution >= 4 is 22.7 Å². The SMILES string of the molecule is N#Cc1ncccc1Sc1cc2ccccc2[nH]1. The predicted molar refractivity (Wildman–Crippen MR) is 71.4 cm³/mol. The minimum absolute atomic E-state index is 0.459. The van der Waals surface area contributed by atoms with Gasteiger partial charge in [0.05, 0.1) is 9.92 Å². The molecule has 0 aliphatic heterocycles. The highest BCUT2D eigenvalue weighted by molar-refractivity contribution is 7.99. The molecule has 0 saturated heterocycles. The van der Waals surface area contributed by atoms with E-state index in [0.29, 0.717) is 5.69 Å². The van der Waals surface area contributed by atoms with Crippen LogP contribution in [0.3, 0.4) is 0 Å². The molecule has 0 spiro atoms. The van der Waals surface area contributed by atoms with Gasteiger partial charge in [0.25, 0.3) is 0 Å². The summed E-state index contributed by atoms with van der Waals surface area (Å²) in [6, 6.07) is 16.0. The van der Waals surface area contributed by atoms with Gasteiger partial charge in [-0.05, 0) is 24.3 Å². The first-order valence-corrected chi connectivity index (χ1v) is 6.29. The van der Waals surface area contributed by atoms with Gasteiger partial charge in [-0.1, -0.05) is 30.0 Å². The molecule has 0 amide bonds. The molecule has 18 heavy (non-hydrogen) atoms. The average molecular weight is 251 g/mol. The summed E-state index contributed by atoms with van der Waals surface area (Å²) in [5, 5.41) is 11.2. The van der Waals surface area contributed by atoms with E-state index in [0.717, 1.165) is 15.4 Å². The molecule has 2 heterocycles. The van der Waals surface area contributed by atoms with E-state index >= 15 is 0 Å². The third-order valence-corrected chi connectivity index (χ3v) is 3.59.